The average molecular weight is 446 g/mol. The molecule has 0 saturated carbocycles. The summed E-state index contributed by atoms with van der Waals surface area (Å²) < 4.78 is 2.16. The van der Waals surface area contributed by atoms with Crippen molar-refractivity contribution in [1.82, 2.24) is 24.6 Å². The zero-order chi connectivity index (χ0) is 22.6. The Morgan fingerprint density at radius 1 is 0.970 bits per heavy atom. The molecule has 1 N–H and O–H groups in total. The van der Waals surface area contributed by atoms with E-state index in [1.54, 1.807) is 0 Å². The lowest BCUT2D eigenvalue weighted by Gasteiger charge is -2.30. The predicted octanol–water partition coefficient (Wildman–Crippen LogP) is 2.95. The van der Waals surface area contributed by atoms with Crippen LogP contribution >= 0.6 is 0 Å². The Hall–Kier alpha value is -3.03. The topological polar surface area (TPSA) is 74.5 Å². The minimum absolute atomic E-state index is 0.0366. The van der Waals surface area contributed by atoms with E-state index in [0.29, 0.717) is 39.0 Å². The van der Waals surface area contributed by atoms with Crippen LogP contribution in [0.4, 0.5) is 0 Å². The van der Waals surface area contributed by atoms with E-state index in [9.17, 15) is 9.90 Å². The Bertz CT molecular complexity index is 1070. The summed E-state index contributed by atoms with van der Waals surface area (Å²) in [5.74, 6) is 1.94. The molecule has 0 spiro atoms. The van der Waals surface area contributed by atoms with Gasteiger partial charge in [0.2, 0.25) is 5.91 Å². The summed E-state index contributed by atoms with van der Waals surface area (Å²) in [4.78, 5) is 17.0. The molecule has 1 aromatic heterocycles. The monoisotopic (exact) mass is 445 g/mol. The SMILES string of the molecule is O=C(CCCc1ccccc1)N1CCn2c(nnc2[C@@H]2C[C@@H](O)CN2Cc2ccccc2)C1. The molecule has 1 saturated heterocycles. The van der Waals surface area contributed by atoms with Gasteiger partial charge in [-0.05, 0) is 30.4 Å². The Labute approximate surface area is 194 Å². The smallest absolute Gasteiger partial charge is 0.223 e. The largest absolute Gasteiger partial charge is 0.392 e. The number of aromatic nitrogens is 3. The zero-order valence-corrected chi connectivity index (χ0v) is 18.9. The molecule has 2 aliphatic heterocycles. The van der Waals surface area contributed by atoms with E-state index in [1.807, 2.05) is 41.3 Å². The van der Waals surface area contributed by atoms with Crippen molar-refractivity contribution >= 4 is 5.91 Å². The van der Waals surface area contributed by atoms with Crippen molar-refractivity contribution in [1.29, 1.82) is 0 Å². The summed E-state index contributed by atoms with van der Waals surface area (Å²) in [5, 5.41) is 19.3. The Kier molecular flexibility index (Phi) is 6.51. The van der Waals surface area contributed by atoms with Crippen LogP contribution in [0.5, 0.6) is 0 Å². The van der Waals surface area contributed by atoms with Crippen molar-refractivity contribution in [2.45, 2.75) is 57.5 Å². The third-order valence-corrected chi connectivity index (χ3v) is 6.74. The third-order valence-electron chi connectivity index (χ3n) is 6.74. The summed E-state index contributed by atoms with van der Waals surface area (Å²) in [5.41, 5.74) is 2.49. The van der Waals surface area contributed by atoms with E-state index in [4.69, 9.17) is 0 Å². The number of rotatable bonds is 7. The molecule has 2 aromatic carbocycles. The van der Waals surface area contributed by atoms with Gasteiger partial charge >= 0.3 is 0 Å². The number of carbonyl (C=O) groups is 1. The molecule has 5 rings (SSSR count). The number of hydrogen-bond acceptors (Lipinski definition) is 5. The van der Waals surface area contributed by atoms with Gasteiger partial charge in [-0.25, -0.2) is 0 Å². The Morgan fingerprint density at radius 3 is 2.45 bits per heavy atom. The number of carbonyl (C=O) groups excluding carboxylic acids is 1. The fraction of sp³-hybridized carbons (Fsp3) is 0.423. The number of likely N-dealkylation sites (tertiary alicyclic amines) is 1. The first-order valence-corrected chi connectivity index (χ1v) is 11.9. The summed E-state index contributed by atoms with van der Waals surface area (Å²) in [6, 6.07) is 20.7. The molecule has 1 amide bonds. The minimum atomic E-state index is -0.363. The molecule has 7 heteroatoms. The van der Waals surface area contributed by atoms with E-state index in [-0.39, 0.29) is 18.1 Å². The number of nitrogens with zero attached hydrogens (tertiary/aromatic N) is 5. The molecule has 1 fully saturated rings. The number of aliphatic hydroxyl groups is 1. The van der Waals surface area contributed by atoms with Crippen LogP contribution in [0, 0.1) is 0 Å². The van der Waals surface area contributed by atoms with E-state index in [2.05, 4.69) is 43.9 Å². The first kappa shape index (κ1) is 21.8. The van der Waals surface area contributed by atoms with Gasteiger partial charge in [-0.3, -0.25) is 9.69 Å². The van der Waals surface area contributed by atoms with Gasteiger partial charge in [-0.15, -0.1) is 10.2 Å². The van der Waals surface area contributed by atoms with Crippen LogP contribution < -0.4 is 0 Å². The van der Waals surface area contributed by atoms with Crippen molar-refractivity contribution in [3.63, 3.8) is 0 Å². The highest BCUT2D eigenvalue weighted by molar-refractivity contribution is 5.76. The van der Waals surface area contributed by atoms with Gasteiger partial charge in [0.25, 0.3) is 0 Å². The quantitative estimate of drug-likeness (QED) is 0.605. The highest BCUT2D eigenvalue weighted by Crippen LogP contribution is 2.33. The molecule has 7 nitrogen and oxygen atoms in total. The van der Waals surface area contributed by atoms with Crippen LogP contribution in [0.3, 0.4) is 0 Å². The van der Waals surface area contributed by atoms with Crippen LogP contribution in [0.1, 0.15) is 48.1 Å². The predicted molar refractivity (Wildman–Crippen MR) is 125 cm³/mol. The normalized spacial score (nSPS) is 20.7. The molecule has 172 valence electrons. The maximum absolute atomic E-state index is 12.8. The van der Waals surface area contributed by atoms with Gasteiger partial charge in [-0.2, -0.15) is 0 Å². The van der Waals surface area contributed by atoms with E-state index in [0.717, 1.165) is 31.0 Å². The second kappa shape index (κ2) is 9.85. The number of fused-ring (bicyclic) bond motifs is 1. The first-order valence-electron chi connectivity index (χ1n) is 11.9. The van der Waals surface area contributed by atoms with E-state index in [1.165, 1.54) is 11.1 Å². The number of β-amino-alcohol motifs (C(OH)–C–C–N with tert-alkyl or cyclic N) is 1. The fourth-order valence-corrected chi connectivity index (χ4v) is 5.03. The molecule has 3 aromatic rings. The van der Waals surface area contributed by atoms with Crippen molar-refractivity contribution in [2.75, 3.05) is 13.1 Å². The first-order chi connectivity index (χ1) is 16.2. The van der Waals surface area contributed by atoms with E-state index >= 15 is 0 Å². The summed E-state index contributed by atoms with van der Waals surface area (Å²) >= 11 is 0. The molecule has 2 atom stereocenters. The van der Waals surface area contributed by atoms with Crippen molar-refractivity contribution in [2.24, 2.45) is 0 Å². The van der Waals surface area contributed by atoms with Crippen LogP contribution in [-0.2, 0) is 30.8 Å². The maximum Gasteiger partial charge on any atom is 0.223 e. The molecule has 0 radical (unpaired) electrons. The lowest BCUT2D eigenvalue weighted by molar-refractivity contribution is -0.132. The lowest BCUT2D eigenvalue weighted by Crippen LogP contribution is -2.39. The van der Waals surface area contributed by atoms with Gasteiger partial charge in [0.05, 0.1) is 18.7 Å². The lowest BCUT2D eigenvalue weighted by atomic mass is 10.1. The second-order valence-electron chi connectivity index (χ2n) is 9.10. The maximum atomic E-state index is 12.8. The van der Waals surface area contributed by atoms with Crippen LogP contribution in [-0.4, -0.2) is 54.8 Å². The zero-order valence-electron chi connectivity index (χ0n) is 18.9. The second-order valence-corrected chi connectivity index (χ2v) is 9.10. The standard InChI is InChI=1S/C26H31N5O2/c32-22-16-23(30(18-22)17-21-10-5-2-6-11-21)26-28-27-24-19-29(14-15-31(24)26)25(33)13-7-12-20-8-3-1-4-9-20/h1-6,8-11,22-23,32H,7,12-19H2/t22-,23+/m1/s1. The Morgan fingerprint density at radius 2 is 1.70 bits per heavy atom. The molecule has 3 heterocycles. The number of aryl methyl sites for hydroxylation is 1. The van der Waals surface area contributed by atoms with Gasteiger partial charge < -0.3 is 14.6 Å². The van der Waals surface area contributed by atoms with Crippen LogP contribution in [0.25, 0.3) is 0 Å². The third kappa shape index (κ3) is 4.99. The van der Waals surface area contributed by atoms with Gasteiger partial charge in [-0.1, -0.05) is 60.7 Å². The molecular formula is C26H31N5O2. The van der Waals surface area contributed by atoms with Crippen LogP contribution in [0.15, 0.2) is 60.7 Å². The minimum Gasteiger partial charge on any atom is -0.392 e. The summed E-state index contributed by atoms with van der Waals surface area (Å²) in [7, 11) is 0. The number of hydrogen-bond donors (Lipinski definition) is 1. The summed E-state index contributed by atoms with van der Waals surface area (Å²) in [6.07, 6.45) is 2.62. The fourth-order valence-electron chi connectivity index (χ4n) is 5.03. The summed E-state index contributed by atoms with van der Waals surface area (Å²) in [6.45, 7) is 3.29. The molecule has 33 heavy (non-hydrogen) atoms. The number of benzene rings is 2. The highest BCUT2D eigenvalue weighted by Gasteiger charge is 2.37. The molecular weight excluding hydrogens is 414 g/mol. The van der Waals surface area contributed by atoms with Crippen molar-refractivity contribution in [3.8, 4) is 0 Å². The van der Waals surface area contributed by atoms with Crippen molar-refractivity contribution < 1.29 is 9.90 Å². The Balaban J connectivity index is 1.21. The molecule has 0 aliphatic carbocycles. The molecule has 0 bridgehead atoms. The van der Waals surface area contributed by atoms with Gasteiger partial charge in [0.15, 0.2) is 11.6 Å². The highest BCUT2D eigenvalue weighted by atomic mass is 16.3. The number of aliphatic hydroxyl groups excluding tert-OH is 1. The number of amides is 1. The van der Waals surface area contributed by atoms with Gasteiger partial charge in [0.1, 0.15) is 0 Å². The average Bonchev–Trinajstić information content (AvgIpc) is 3.42. The molecule has 0 unspecified atom stereocenters. The van der Waals surface area contributed by atoms with Crippen molar-refractivity contribution in [3.05, 3.63) is 83.4 Å². The van der Waals surface area contributed by atoms with Crippen LogP contribution in [0.2, 0.25) is 0 Å². The molecule has 2 aliphatic rings. The van der Waals surface area contributed by atoms with Gasteiger partial charge in [0, 0.05) is 32.6 Å². The van der Waals surface area contributed by atoms with E-state index < -0.39 is 0 Å².